The highest BCUT2D eigenvalue weighted by Gasteiger charge is 2.02. The van der Waals surface area contributed by atoms with Crippen molar-refractivity contribution < 1.29 is 0 Å². The van der Waals surface area contributed by atoms with Crippen molar-refractivity contribution in [1.82, 2.24) is 4.98 Å². The van der Waals surface area contributed by atoms with E-state index in [9.17, 15) is 0 Å². The van der Waals surface area contributed by atoms with Gasteiger partial charge in [-0.1, -0.05) is 30.3 Å². The Morgan fingerprint density at radius 2 is 1.94 bits per heavy atom. The molecule has 0 fully saturated rings. The van der Waals surface area contributed by atoms with Crippen LogP contribution in [0, 0.1) is 0 Å². The van der Waals surface area contributed by atoms with Crippen molar-refractivity contribution in [2.24, 2.45) is 10.2 Å². The van der Waals surface area contributed by atoms with E-state index in [1.807, 2.05) is 49.6 Å². The van der Waals surface area contributed by atoms with Crippen LogP contribution in [0.4, 0.5) is 5.13 Å². The minimum absolute atomic E-state index is 0.212. The summed E-state index contributed by atoms with van der Waals surface area (Å²) in [5, 5.41) is 10.9. The summed E-state index contributed by atoms with van der Waals surface area (Å²) in [4.78, 5) is 4.41. The molecular weight excluding hydrogens is 218 g/mol. The standard InChI is InChI=1S/C12H13N3S/c1-9(2)14-15-12-13-11(8-16-12)10-6-4-3-5-7-10/h3-9H,1-2H3. The Hall–Kier alpha value is -1.55. The van der Waals surface area contributed by atoms with Crippen molar-refractivity contribution in [1.29, 1.82) is 0 Å². The average molecular weight is 231 g/mol. The highest BCUT2D eigenvalue weighted by Crippen LogP contribution is 2.26. The lowest BCUT2D eigenvalue weighted by molar-refractivity contribution is 0.778. The number of hydrogen-bond acceptors (Lipinski definition) is 4. The summed E-state index contributed by atoms with van der Waals surface area (Å²) in [6.07, 6.45) is 0. The van der Waals surface area contributed by atoms with E-state index in [0.29, 0.717) is 5.13 Å². The number of azo groups is 1. The number of rotatable bonds is 3. The molecule has 1 heterocycles. The first-order chi connectivity index (χ1) is 7.75. The second-order valence-corrected chi connectivity index (χ2v) is 4.53. The smallest absolute Gasteiger partial charge is 0.217 e. The maximum absolute atomic E-state index is 4.41. The third kappa shape index (κ3) is 2.73. The normalized spacial score (nSPS) is 11.4. The Morgan fingerprint density at radius 3 is 2.62 bits per heavy atom. The van der Waals surface area contributed by atoms with Gasteiger partial charge in [0.15, 0.2) is 0 Å². The molecule has 0 bridgehead atoms. The molecule has 16 heavy (non-hydrogen) atoms. The molecule has 82 valence electrons. The number of benzene rings is 1. The van der Waals surface area contributed by atoms with E-state index in [1.54, 1.807) is 0 Å². The predicted molar refractivity (Wildman–Crippen MR) is 67.2 cm³/mol. The van der Waals surface area contributed by atoms with E-state index in [2.05, 4.69) is 15.2 Å². The Labute approximate surface area is 98.9 Å². The summed E-state index contributed by atoms with van der Waals surface area (Å²) in [5.74, 6) is 0. The summed E-state index contributed by atoms with van der Waals surface area (Å²) < 4.78 is 0. The van der Waals surface area contributed by atoms with Gasteiger partial charge in [0.1, 0.15) is 0 Å². The molecule has 0 aliphatic rings. The van der Waals surface area contributed by atoms with Crippen LogP contribution in [-0.4, -0.2) is 11.0 Å². The number of thiazole rings is 1. The first-order valence-electron chi connectivity index (χ1n) is 5.17. The van der Waals surface area contributed by atoms with Gasteiger partial charge < -0.3 is 0 Å². The zero-order valence-electron chi connectivity index (χ0n) is 9.29. The molecule has 4 heteroatoms. The largest absolute Gasteiger partial charge is 0.230 e. The van der Waals surface area contributed by atoms with Crippen LogP contribution in [0.3, 0.4) is 0 Å². The van der Waals surface area contributed by atoms with Crippen molar-refractivity contribution in [2.75, 3.05) is 0 Å². The fourth-order valence-electron chi connectivity index (χ4n) is 1.22. The van der Waals surface area contributed by atoms with Gasteiger partial charge in [-0.3, -0.25) is 0 Å². The fourth-order valence-corrected chi connectivity index (χ4v) is 1.87. The van der Waals surface area contributed by atoms with Crippen LogP contribution in [0.5, 0.6) is 0 Å². The molecule has 0 atom stereocenters. The Morgan fingerprint density at radius 1 is 1.19 bits per heavy atom. The van der Waals surface area contributed by atoms with Crippen molar-refractivity contribution in [3.63, 3.8) is 0 Å². The van der Waals surface area contributed by atoms with Gasteiger partial charge in [-0.25, -0.2) is 4.98 Å². The Balaban J connectivity index is 2.20. The Kier molecular flexibility index (Phi) is 3.41. The summed E-state index contributed by atoms with van der Waals surface area (Å²) in [7, 11) is 0. The molecule has 0 saturated carbocycles. The van der Waals surface area contributed by atoms with Gasteiger partial charge in [0, 0.05) is 10.9 Å². The molecule has 0 unspecified atom stereocenters. The maximum Gasteiger partial charge on any atom is 0.230 e. The molecule has 0 N–H and O–H groups in total. The van der Waals surface area contributed by atoms with Crippen molar-refractivity contribution in [3.05, 3.63) is 35.7 Å². The van der Waals surface area contributed by atoms with Crippen LogP contribution < -0.4 is 0 Å². The quantitative estimate of drug-likeness (QED) is 0.725. The molecule has 0 saturated heterocycles. The lowest BCUT2D eigenvalue weighted by Gasteiger charge is -1.93. The van der Waals surface area contributed by atoms with Gasteiger partial charge in [0.2, 0.25) is 5.13 Å². The van der Waals surface area contributed by atoms with Gasteiger partial charge >= 0.3 is 0 Å². The average Bonchev–Trinajstić information content (AvgIpc) is 2.76. The summed E-state index contributed by atoms with van der Waals surface area (Å²) in [5.41, 5.74) is 2.08. The first-order valence-corrected chi connectivity index (χ1v) is 6.05. The second kappa shape index (κ2) is 4.99. The zero-order chi connectivity index (χ0) is 11.4. The van der Waals surface area contributed by atoms with E-state index >= 15 is 0 Å². The molecule has 2 aromatic rings. The van der Waals surface area contributed by atoms with Gasteiger partial charge in [0.25, 0.3) is 0 Å². The minimum Gasteiger partial charge on any atom is -0.217 e. The summed E-state index contributed by atoms with van der Waals surface area (Å²) in [6, 6.07) is 10.3. The number of aromatic nitrogens is 1. The number of hydrogen-bond donors (Lipinski definition) is 0. The Bertz CT molecular complexity index is 474. The topological polar surface area (TPSA) is 37.6 Å². The van der Waals surface area contributed by atoms with Gasteiger partial charge in [-0.15, -0.1) is 16.5 Å². The van der Waals surface area contributed by atoms with Crippen LogP contribution >= 0.6 is 11.3 Å². The molecule has 0 amide bonds. The minimum atomic E-state index is 0.212. The SMILES string of the molecule is CC(C)N=Nc1nc(-c2ccccc2)cs1. The van der Waals surface area contributed by atoms with Crippen LogP contribution in [0.2, 0.25) is 0 Å². The van der Waals surface area contributed by atoms with E-state index in [-0.39, 0.29) is 6.04 Å². The van der Waals surface area contributed by atoms with Gasteiger partial charge in [-0.2, -0.15) is 5.11 Å². The molecule has 0 spiro atoms. The fraction of sp³-hybridized carbons (Fsp3) is 0.250. The molecule has 0 aliphatic heterocycles. The van der Waals surface area contributed by atoms with Crippen LogP contribution in [0.15, 0.2) is 45.9 Å². The monoisotopic (exact) mass is 231 g/mol. The third-order valence-corrected chi connectivity index (χ3v) is 2.66. The van der Waals surface area contributed by atoms with E-state index < -0.39 is 0 Å². The van der Waals surface area contributed by atoms with Crippen LogP contribution in [0.25, 0.3) is 11.3 Å². The third-order valence-electron chi connectivity index (χ3n) is 1.94. The highest BCUT2D eigenvalue weighted by molar-refractivity contribution is 7.13. The predicted octanol–water partition coefficient (Wildman–Crippen LogP) is 4.30. The number of nitrogens with zero attached hydrogens (tertiary/aromatic N) is 3. The molecule has 2 rings (SSSR count). The molecular formula is C12H13N3S. The molecule has 1 aromatic heterocycles. The lowest BCUT2D eigenvalue weighted by atomic mass is 10.2. The molecule has 0 aliphatic carbocycles. The molecule has 1 aromatic carbocycles. The first kappa shape index (κ1) is 11.0. The van der Waals surface area contributed by atoms with Crippen molar-refractivity contribution in [2.45, 2.75) is 19.9 Å². The molecule has 0 radical (unpaired) electrons. The summed E-state index contributed by atoms with van der Waals surface area (Å²) >= 11 is 1.51. The van der Waals surface area contributed by atoms with E-state index in [1.165, 1.54) is 11.3 Å². The van der Waals surface area contributed by atoms with Crippen molar-refractivity contribution >= 4 is 16.5 Å². The van der Waals surface area contributed by atoms with Crippen LogP contribution in [-0.2, 0) is 0 Å². The van der Waals surface area contributed by atoms with Crippen LogP contribution in [0.1, 0.15) is 13.8 Å². The van der Waals surface area contributed by atoms with E-state index in [0.717, 1.165) is 11.3 Å². The van der Waals surface area contributed by atoms with E-state index in [4.69, 9.17) is 0 Å². The lowest BCUT2D eigenvalue weighted by Crippen LogP contribution is -1.83. The maximum atomic E-state index is 4.41. The summed E-state index contributed by atoms with van der Waals surface area (Å²) in [6.45, 7) is 3.99. The van der Waals surface area contributed by atoms with Gasteiger partial charge in [0.05, 0.1) is 11.7 Å². The van der Waals surface area contributed by atoms with Crippen molar-refractivity contribution in [3.8, 4) is 11.3 Å². The molecule has 3 nitrogen and oxygen atoms in total. The zero-order valence-corrected chi connectivity index (χ0v) is 10.1. The van der Waals surface area contributed by atoms with Gasteiger partial charge in [-0.05, 0) is 13.8 Å². The highest BCUT2D eigenvalue weighted by atomic mass is 32.1. The second-order valence-electron chi connectivity index (χ2n) is 3.69.